The number of fused-ring (bicyclic) bond motifs is 1. The van der Waals surface area contributed by atoms with Gasteiger partial charge in [0.1, 0.15) is 6.33 Å². The van der Waals surface area contributed by atoms with E-state index in [2.05, 4.69) is 20.3 Å². The molecule has 0 aliphatic rings. The highest BCUT2D eigenvalue weighted by molar-refractivity contribution is 7.99. The Morgan fingerprint density at radius 2 is 1.86 bits per heavy atom. The molecule has 2 aromatic heterocycles. The summed E-state index contributed by atoms with van der Waals surface area (Å²) in [6.45, 7) is 1.89. The van der Waals surface area contributed by atoms with Crippen LogP contribution in [0.1, 0.15) is 5.69 Å². The van der Waals surface area contributed by atoms with E-state index in [1.54, 1.807) is 24.3 Å². The number of aryl methyl sites for hydroxylation is 1. The van der Waals surface area contributed by atoms with E-state index in [0.29, 0.717) is 16.2 Å². The topological polar surface area (TPSA) is 93.8 Å². The predicted octanol–water partition coefficient (Wildman–Crippen LogP) is 5.79. The first kappa shape index (κ1) is 19.1. The van der Waals surface area contributed by atoms with Crippen molar-refractivity contribution in [2.24, 2.45) is 0 Å². The molecule has 0 bridgehead atoms. The summed E-state index contributed by atoms with van der Waals surface area (Å²) in [5, 5.41) is 16.6. The van der Waals surface area contributed by atoms with Crippen LogP contribution in [0.15, 0.2) is 70.8 Å². The Kier molecular flexibility index (Phi) is 5.28. The van der Waals surface area contributed by atoms with Crippen LogP contribution < -0.4 is 5.32 Å². The maximum Gasteiger partial charge on any atom is 0.343 e. The van der Waals surface area contributed by atoms with Crippen molar-refractivity contribution >= 4 is 51.5 Å². The Labute approximate surface area is 175 Å². The van der Waals surface area contributed by atoms with Gasteiger partial charge in [-0.05, 0) is 43.3 Å². The fourth-order valence-electron chi connectivity index (χ4n) is 2.78. The number of hydrogen-bond acceptors (Lipinski definition) is 7. The third kappa shape index (κ3) is 4.13. The number of nitrogens with zero attached hydrogens (tertiary/aromatic N) is 4. The lowest BCUT2D eigenvalue weighted by Crippen LogP contribution is -2.03. The zero-order chi connectivity index (χ0) is 20.4. The van der Waals surface area contributed by atoms with E-state index in [-0.39, 0.29) is 16.5 Å². The van der Waals surface area contributed by atoms with Gasteiger partial charge in [-0.15, -0.1) is 0 Å². The molecule has 4 rings (SSSR count). The van der Waals surface area contributed by atoms with E-state index >= 15 is 0 Å². The second-order valence-corrected chi connectivity index (χ2v) is 7.64. The van der Waals surface area contributed by atoms with E-state index < -0.39 is 4.92 Å². The summed E-state index contributed by atoms with van der Waals surface area (Å²) >= 11 is 7.09. The highest BCUT2D eigenvalue weighted by Gasteiger charge is 2.24. The number of rotatable bonds is 5. The average molecular weight is 424 g/mol. The highest BCUT2D eigenvalue weighted by Crippen LogP contribution is 2.38. The number of pyridine rings is 1. The molecular weight excluding hydrogens is 410 g/mol. The van der Waals surface area contributed by atoms with E-state index in [9.17, 15) is 10.1 Å². The fraction of sp³-hybridized carbons (Fsp3) is 0.0500. The standard InChI is InChI=1S/C20H14ClN5O2S/c1-12-5-6-13-3-2-4-16(17(13)24-12)25-19-18(26(27)28)20(23-11-22-19)29-15-9-7-14(21)8-10-15/h2-11H,1H3,(H,22,23,25). The van der Waals surface area contributed by atoms with Crippen LogP contribution in [0.4, 0.5) is 17.2 Å². The summed E-state index contributed by atoms with van der Waals surface area (Å²) < 4.78 is 0. The number of aromatic nitrogens is 3. The van der Waals surface area contributed by atoms with Crippen molar-refractivity contribution in [3.05, 3.63) is 81.8 Å². The molecule has 0 radical (unpaired) electrons. The summed E-state index contributed by atoms with van der Waals surface area (Å²) in [5.41, 5.74) is 2.00. The minimum absolute atomic E-state index is 0.109. The normalized spacial score (nSPS) is 10.8. The second-order valence-electron chi connectivity index (χ2n) is 6.14. The van der Waals surface area contributed by atoms with E-state index in [0.717, 1.165) is 16.0 Å². The van der Waals surface area contributed by atoms with Crippen LogP contribution in [-0.4, -0.2) is 19.9 Å². The van der Waals surface area contributed by atoms with Crippen molar-refractivity contribution in [3.8, 4) is 0 Å². The third-order valence-electron chi connectivity index (χ3n) is 4.11. The monoisotopic (exact) mass is 423 g/mol. The van der Waals surface area contributed by atoms with Crippen LogP contribution in [0.25, 0.3) is 10.9 Å². The van der Waals surface area contributed by atoms with Crippen molar-refractivity contribution in [2.45, 2.75) is 16.8 Å². The number of para-hydroxylation sites is 1. The Morgan fingerprint density at radius 1 is 1.07 bits per heavy atom. The van der Waals surface area contributed by atoms with Crippen LogP contribution in [0.3, 0.4) is 0 Å². The highest BCUT2D eigenvalue weighted by atomic mass is 35.5. The molecule has 29 heavy (non-hydrogen) atoms. The molecular formula is C20H14ClN5O2S. The Balaban J connectivity index is 1.76. The van der Waals surface area contributed by atoms with Crippen molar-refractivity contribution in [3.63, 3.8) is 0 Å². The fourth-order valence-corrected chi connectivity index (χ4v) is 3.77. The van der Waals surface area contributed by atoms with Crippen molar-refractivity contribution in [1.29, 1.82) is 0 Å². The van der Waals surface area contributed by atoms with Crippen molar-refractivity contribution in [2.75, 3.05) is 5.32 Å². The minimum Gasteiger partial charge on any atom is -0.333 e. The summed E-state index contributed by atoms with van der Waals surface area (Å²) in [4.78, 5) is 24.9. The van der Waals surface area contributed by atoms with Gasteiger partial charge in [-0.1, -0.05) is 41.6 Å². The van der Waals surface area contributed by atoms with E-state index in [1.165, 1.54) is 18.1 Å². The van der Waals surface area contributed by atoms with Gasteiger partial charge in [-0.25, -0.2) is 9.97 Å². The summed E-state index contributed by atoms with van der Waals surface area (Å²) in [7, 11) is 0. The predicted molar refractivity (Wildman–Crippen MR) is 114 cm³/mol. The largest absolute Gasteiger partial charge is 0.343 e. The van der Waals surface area contributed by atoms with Gasteiger partial charge < -0.3 is 5.32 Å². The molecule has 0 unspecified atom stereocenters. The molecule has 2 heterocycles. The van der Waals surface area contributed by atoms with Crippen LogP contribution in [0.2, 0.25) is 5.02 Å². The molecule has 0 saturated carbocycles. The van der Waals surface area contributed by atoms with Gasteiger partial charge in [0.2, 0.25) is 5.82 Å². The molecule has 7 nitrogen and oxygen atoms in total. The zero-order valence-corrected chi connectivity index (χ0v) is 16.7. The molecule has 0 atom stereocenters. The number of benzene rings is 2. The van der Waals surface area contributed by atoms with Gasteiger partial charge in [0.15, 0.2) is 5.03 Å². The van der Waals surface area contributed by atoms with Crippen LogP contribution in [-0.2, 0) is 0 Å². The van der Waals surface area contributed by atoms with E-state index in [4.69, 9.17) is 11.6 Å². The molecule has 0 fully saturated rings. The first-order valence-corrected chi connectivity index (χ1v) is 9.77. The molecule has 1 N–H and O–H groups in total. The second kappa shape index (κ2) is 8.02. The maximum absolute atomic E-state index is 11.8. The average Bonchev–Trinajstić information content (AvgIpc) is 2.70. The minimum atomic E-state index is -0.482. The molecule has 0 aliphatic carbocycles. The molecule has 0 amide bonds. The molecule has 0 aliphatic heterocycles. The third-order valence-corrected chi connectivity index (χ3v) is 5.36. The van der Waals surface area contributed by atoms with Gasteiger partial charge in [-0.3, -0.25) is 15.1 Å². The Bertz CT molecular complexity index is 1220. The maximum atomic E-state index is 11.8. The Morgan fingerprint density at radius 3 is 2.62 bits per heavy atom. The van der Waals surface area contributed by atoms with Crippen LogP contribution in [0.5, 0.6) is 0 Å². The summed E-state index contributed by atoms with van der Waals surface area (Å²) in [6.07, 6.45) is 1.30. The van der Waals surface area contributed by atoms with Gasteiger partial charge in [0, 0.05) is 21.0 Å². The van der Waals surface area contributed by atoms with Crippen LogP contribution in [0, 0.1) is 17.0 Å². The van der Waals surface area contributed by atoms with Gasteiger partial charge in [0.25, 0.3) is 0 Å². The quantitative estimate of drug-likeness (QED) is 0.246. The zero-order valence-electron chi connectivity index (χ0n) is 15.2. The van der Waals surface area contributed by atoms with E-state index in [1.807, 2.05) is 37.3 Å². The summed E-state index contributed by atoms with van der Waals surface area (Å²) in [6, 6.07) is 16.5. The van der Waals surface area contributed by atoms with Gasteiger partial charge in [-0.2, -0.15) is 0 Å². The van der Waals surface area contributed by atoms with Gasteiger partial charge in [0.05, 0.1) is 16.1 Å². The number of hydrogen-bond donors (Lipinski definition) is 1. The molecule has 144 valence electrons. The SMILES string of the molecule is Cc1ccc2cccc(Nc3ncnc(Sc4ccc(Cl)cc4)c3[N+](=O)[O-])c2n1. The molecule has 9 heteroatoms. The molecule has 2 aromatic carbocycles. The van der Waals surface area contributed by atoms with Gasteiger partial charge >= 0.3 is 5.69 Å². The van der Waals surface area contributed by atoms with Crippen LogP contribution >= 0.6 is 23.4 Å². The number of nitro groups is 1. The van der Waals surface area contributed by atoms with Crippen molar-refractivity contribution < 1.29 is 4.92 Å². The first-order chi connectivity index (χ1) is 14.0. The number of anilines is 2. The van der Waals surface area contributed by atoms with Crippen molar-refractivity contribution in [1.82, 2.24) is 15.0 Å². The molecule has 4 aromatic rings. The lowest BCUT2D eigenvalue weighted by atomic mass is 10.1. The lowest BCUT2D eigenvalue weighted by molar-refractivity contribution is -0.387. The lowest BCUT2D eigenvalue weighted by Gasteiger charge is -2.10. The smallest absolute Gasteiger partial charge is 0.333 e. The molecule has 0 saturated heterocycles. The first-order valence-electron chi connectivity index (χ1n) is 8.57. The number of nitrogens with one attached hydrogen (secondary N) is 1. The molecule has 0 spiro atoms. The number of halogens is 1. The Hall–Kier alpha value is -3.23. The summed E-state index contributed by atoms with van der Waals surface area (Å²) in [5.74, 6) is 0.109.